The van der Waals surface area contributed by atoms with Crippen LogP contribution in [0.1, 0.15) is 17.2 Å². The zero-order valence-corrected chi connectivity index (χ0v) is 10.2. The number of rotatable bonds is 3. The first-order chi connectivity index (χ1) is 8.68. The van der Waals surface area contributed by atoms with Crippen LogP contribution in [-0.4, -0.2) is 34.4 Å². The van der Waals surface area contributed by atoms with Crippen molar-refractivity contribution < 1.29 is 32.9 Å². The third-order valence-electron chi connectivity index (χ3n) is 2.27. The molecular weight excluding hydrogens is 291 g/mol. The summed E-state index contributed by atoms with van der Waals surface area (Å²) in [5.74, 6) is -1.27. The van der Waals surface area contributed by atoms with Gasteiger partial charge in [0.05, 0.1) is 12.7 Å². The van der Waals surface area contributed by atoms with Crippen LogP contribution >= 0.6 is 11.6 Å². The second-order valence-corrected chi connectivity index (χ2v) is 3.89. The highest BCUT2D eigenvalue weighted by molar-refractivity contribution is 6.29. The summed E-state index contributed by atoms with van der Waals surface area (Å²) in [6, 6.07) is 0.723. The molecule has 0 aliphatic rings. The molecule has 106 valence electrons. The maximum Gasteiger partial charge on any atom is 0.418 e. The van der Waals surface area contributed by atoms with Gasteiger partial charge in [-0.15, -0.1) is 0 Å². The van der Waals surface area contributed by atoms with E-state index in [0.29, 0.717) is 6.20 Å². The molecule has 0 fully saturated rings. The predicted octanol–water partition coefficient (Wildman–Crippen LogP) is 1.32. The van der Waals surface area contributed by atoms with Crippen LogP contribution in [0.15, 0.2) is 12.3 Å². The molecule has 0 saturated heterocycles. The number of halogens is 4. The van der Waals surface area contributed by atoms with Crippen molar-refractivity contribution in [3.63, 3.8) is 0 Å². The largest absolute Gasteiger partial charge is 0.467 e. The van der Waals surface area contributed by atoms with Crippen LogP contribution in [0.3, 0.4) is 0 Å². The number of aliphatic hydroxyl groups is 2. The van der Waals surface area contributed by atoms with Gasteiger partial charge in [0.25, 0.3) is 0 Å². The standard InChI is InChI=1S/C10H9ClF3NO4/c1-19-9(18)8(17)7(16)4-2-6(11)15-3-5(4)10(12,13)14/h2-3,7-8,16-17H,1H3. The number of hydrogen-bond acceptors (Lipinski definition) is 5. The molecule has 0 spiro atoms. The van der Waals surface area contributed by atoms with Crippen LogP contribution in [0.2, 0.25) is 5.15 Å². The van der Waals surface area contributed by atoms with Gasteiger partial charge in [-0.2, -0.15) is 13.2 Å². The molecule has 0 aliphatic carbocycles. The summed E-state index contributed by atoms with van der Waals surface area (Å²) < 4.78 is 42.2. The summed E-state index contributed by atoms with van der Waals surface area (Å²) in [4.78, 5) is 14.3. The number of methoxy groups -OCH3 is 1. The lowest BCUT2D eigenvalue weighted by Crippen LogP contribution is -2.30. The zero-order valence-electron chi connectivity index (χ0n) is 9.48. The van der Waals surface area contributed by atoms with Gasteiger partial charge in [0.2, 0.25) is 0 Å². The van der Waals surface area contributed by atoms with Crippen LogP contribution in [0.4, 0.5) is 13.2 Å². The van der Waals surface area contributed by atoms with Crippen LogP contribution in [-0.2, 0) is 15.7 Å². The van der Waals surface area contributed by atoms with Crippen LogP contribution in [0.25, 0.3) is 0 Å². The van der Waals surface area contributed by atoms with Crippen molar-refractivity contribution in [2.45, 2.75) is 18.4 Å². The third kappa shape index (κ3) is 3.55. The minimum Gasteiger partial charge on any atom is -0.467 e. The molecule has 2 N–H and O–H groups in total. The Bertz CT molecular complexity index is 480. The average molecular weight is 300 g/mol. The lowest BCUT2D eigenvalue weighted by molar-refractivity contribution is -0.158. The minimum atomic E-state index is -4.82. The summed E-state index contributed by atoms with van der Waals surface area (Å²) in [6.07, 6.45) is -8.71. The summed E-state index contributed by atoms with van der Waals surface area (Å²) in [5.41, 5.74) is -2.06. The summed E-state index contributed by atoms with van der Waals surface area (Å²) in [5, 5.41) is 18.7. The molecule has 2 unspecified atom stereocenters. The molecule has 5 nitrogen and oxygen atoms in total. The van der Waals surface area contributed by atoms with E-state index in [1.54, 1.807) is 0 Å². The Labute approximate surface area is 110 Å². The molecule has 0 aromatic carbocycles. The fourth-order valence-corrected chi connectivity index (χ4v) is 1.51. The summed E-state index contributed by atoms with van der Waals surface area (Å²) >= 11 is 5.44. The van der Waals surface area contributed by atoms with Crippen molar-refractivity contribution >= 4 is 17.6 Å². The quantitative estimate of drug-likeness (QED) is 0.650. The second kappa shape index (κ2) is 5.72. The van der Waals surface area contributed by atoms with Crippen molar-refractivity contribution in [2.24, 2.45) is 0 Å². The number of aromatic nitrogens is 1. The van der Waals surface area contributed by atoms with E-state index < -0.39 is 35.5 Å². The number of nitrogens with zero attached hydrogens (tertiary/aromatic N) is 1. The summed E-state index contributed by atoms with van der Waals surface area (Å²) in [7, 11) is 0.919. The van der Waals surface area contributed by atoms with E-state index in [-0.39, 0.29) is 5.15 Å². The predicted molar refractivity (Wildman–Crippen MR) is 57.2 cm³/mol. The van der Waals surface area contributed by atoms with Gasteiger partial charge in [0, 0.05) is 11.8 Å². The molecule has 0 bridgehead atoms. The molecule has 2 atom stereocenters. The average Bonchev–Trinajstić information content (AvgIpc) is 2.34. The van der Waals surface area contributed by atoms with Crippen molar-refractivity contribution in [1.29, 1.82) is 0 Å². The maximum absolute atomic E-state index is 12.7. The van der Waals surface area contributed by atoms with E-state index >= 15 is 0 Å². The molecule has 0 aliphatic heterocycles. The van der Waals surface area contributed by atoms with Gasteiger partial charge < -0.3 is 14.9 Å². The monoisotopic (exact) mass is 299 g/mol. The lowest BCUT2D eigenvalue weighted by Gasteiger charge is -2.20. The van der Waals surface area contributed by atoms with E-state index in [2.05, 4.69) is 9.72 Å². The maximum atomic E-state index is 12.7. The highest BCUT2D eigenvalue weighted by Gasteiger charge is 2.38. The third-order valence-corrected chi connectivity index (χ3v) is 2.48. The first kappa shape index (κ1) is 15.7. The first-order valence-electron chi connectivity index (χ1n) is 4.85. The Kier molecular flexibility index (Phi) is 4.72. The fraction of sp³-hybridized carbons (Fsp3) is 0.400. The molecule has 0 amide bonds. The number of pyridine rings is 1. The van der Waals surface area contributed by atoms with E-state index in [9.17, 15) is 28.2 Å². The smallest absolute Gasteiger partial charge is 0.418 e. The van der Waals surface area contributed by atoms with E-state index in [4.69, 9.17) is 11.6 Å². The number of carbonyl (C=O) groups is 1. The number of aliphatic hydroxyl groups excluding tert-OH is 2. The molecular formula is C10H9ClF3NO4. The van der Waals surface area contributed by atoms with Gasteiger partial charge in [0.1, 0.15) is 11.3 Å². The molecule has 9 heteroatoms. The van der Waals surface area contributed by atoms with Crippen LogP contribution < -0.4 is 0 Å². The van der Waals surface area contributed by atoms with Gasteiger partial charge in [-0.3, -0.25) is 0 Å². The van der Waals surface area contributed by atoms with Crippen molar-refractivity contribution in [3.05, 3.63) is 28.5 Å². The molecule has 1 rings (SSSR count). The molecule has 1 heterocycles. The first-order valence-corrected chi connectivity index (χ1v) is 5.23. The Morgan fingerprint density at radius 2 is 2.05 bits per heavy atom. The molecule has 19 heavy (non-hydrogen) atoms. The van der Waals surface area contributed by atoms with Crippen molar-refractivity contribution in [2.75, 3.05) is 7.11 Å². The zero-order chi connectivity index (χ0) is 14.8. The van der Waals surface area contributed by atoms with Crippen molar-refractivity contribution in [3.8, 4) is 0 Å². The number of alkyl halides is 3. The number of hydrogen-bond donors (Lipinski definition) is 2. The Hall–Kier alpha value is -1.38. The van der Waals surface area contributed by atoms with Crippen LogP contribution in [0, 0.1) is 0 Å². The van der Waals surface area contributed by atoms with Crippen LogP contribution in [0.5, 0.6) is 0 Å². The van der Waals surface area contributed by atoms with E-state index in [1.165, 1.54) is 0 Å². The topological polar surface area (TPSA) is 79.7 Å². The number of ether oxygens (including phenoxy) is 1. The molecule has 0 saturated carbocycles. The van der Waals surface area contributed by atoms with Gasteiger partial charge >= 0.3 is 12.1 Å². The fourth-order valence-electron chi connectivity index (χ4n) is 1.35. The van der Waals surface area contributed by atoms with E-state index in [1.807, 2.05) is 0 Å². The van der Waals surface area contributed by atoms with E-state index in [0.717, 1.165) is 13.2 Å². The number of carbonyl (C=O) groups excluding carboxylic acids is 1. The van der Waals surface area contributed by atoms with Gasteiger partial charge in [-0.05, 0) is 6.07 Å². The minimum absolute atomic E-state index is 0.320. The second-order valence-electron chi connectivity index (χ2n) is 3.50. The highest BCUT2D eigenvalue weighted by atomic mass is 35.5. The molecule has 0 radical (unpaired) electrons. The summed E-state index contributed by atoms with van der Waals surface area (Å²) in [6.45, 7) is 0. The Morgan fingerprint density at radius 1 is 1.47 bits per heavy atom. The molecule has 1 aromatic heterocycles. The Balaban J connectivity index is 3.25. The van der Waals surface area contributed by atoms with Crippen molar-refractivity contribution in [1.82, 2.24) is 4.98 Å². The molecule has 1 aromatic rings. The highest BCUT2D eigenvalue weighted by Crippen LogP contribution is 2.36. The number of esters is 1. The Morgan fingerprint density at radius 3 is 2.53 bits per heavy atom. The van der Waals surface area contributed by atoms with Gasteiger partial charge in [-0.1, -0.05) is 11.6 Å². The van der Waals surface area contributed by atoms with Gasteiger partial charge in [-0.25, -0.2) is 9.78 Å². The SMILES string of the molecule is COC(=O)C(O)C(O)c1cc(Cl)ncc1C(F)(F)F. The van der Waals surface area contributed by atoms with Gasteiger partial charge in [0.15, 0.2) is 6.10 Å². The lowest BCUT2D eigenvalue weighted by atomic mass is 10.0. The normalized spacial score (nSPS) is 14.9.